The number of nitrogens with one attached hydrogen (secondary N) is 2. The number of anilines is 2. The van der Waals surface area contributed by atoms with Gasteiger partial charge < -0.3 is 4.90 Å². The van der Waals surface area contributed by atoms with Gasteiger partial charge in [-0.3, -0.25) is 20.4 Å². The van der Waals surface area contributed by atoms with E-state index in [1.54, 1.807) is 19.2 Å². The Labute approximate surface area is 146 Å². The zero-order chi connectivity index (χ0) is 18.8. The number of nitrogens with zero attached hydrogens (tertiary/aromatic N) is 4. The second kappa shape index (κ2) is 6.95. The van der Waals surface area contributed by atoms with Crippen LogP contribution in [0.15, 0.2) is 36.7 Å². The number of aryl methyl sites for hydroxylation is 1. The molecule has 2 heterocycles. The lowest BCUT2D eigenvalue weighted by Crippen LogP contribution is -2.31. The maximum Gasteiger partial charge on any atom is 0.256 e. The Hall–Kier alpha value is -3.23. The molecule has 0 bridgehead atoms. The summed E-state index contributed by atoms with van der Waals surface area (Å²) < 4.78 is 42.1. The molecule has 0 atom stereocenters. The Morgan fingerprint density at radius 1 is 1.31 bits per heavy atom. The van der Waals surface area contributed by atoms with Crippen molar-refractivity contribution in [2.45, 2.75) is 13.3 Å². The Morgan fingerprint density at radius 2 is 2.08 bits per heavy atom. The maximum atomic E-state index is 14.6. The van der Waals surface area contributed by atoms with E-state index in [1.165, 1.54) is 24.4 Å². The summed E-state index contributed by atoms with van der Waals surface area (Å²) in [5.74, 6) is -0.797. The van der Waals surface area contributed by atoms with E-state index >= 15 is 0 Å². The standard InChI is InChI=1S/C17H15F3N6/c1-10-5-11(7-23-6-10)25(8-14(19)20)16-15-12(18)3-2-4-13(15)26(9-21)17(22)24-16/h2-7,9,14,21-22H,8H2,1H3. The van der Waals surface area contributed by atoms with Gasteiger partial charge in [-0.05, 0) is 30.7 Å². The van der Waals surface area contributed by atoms with E-state index < -0.39 is 18.8 Å². The van der Waals surface area contributed by atoms with Crippen molar-refractivity contribution in [3.8, 4) is 0 Å². The summed E-state index contributed by atoms with van der Waals surface area (Å²) in [7, 11) is 0. The summed E-state index contributed by atoms with van der Waals surface area (Å²) in [5, 5.41) is 15.4. The second-order valence-electron chi connectivity index (χ2n) is 5.61. The molecule has 0 aliphatic rings. The first-order chi connectivity index (χ1) is 12.4. The predicted octanol–water partition coefficient (Wildman–Crippen LogP) is 3.22. The van der Waals surface area contributed by atoms with E-state index in [1.807, 2.05) is 0 Å². The fraction of sp³-hybridized carbons (Fsp3) is 0.176. The van der Waals surface area contributed by atoms with Crippen LogP contribution in [0.1, 0.15) is 5.56 Å². The second-order valence-corrected chi connectivity index (χ2v) is 5.61. The van der Waals surface area contributed by atoms with Gasteiger partial charge in [0.25, 0.3) is 6.43 Å². The van der Waals surface area contributed by atoms with Gasteiger partial charge >= 0.3 is 0 Å². The van der Waals surface area contributed by atoms with Crippen molar-refractivity contribution in [2.75, 3.05) is 11.4 Å². The third-order valence-corrected chi connectivity index (χ3v) is 3.79. The molecule has 0 aliphatic heterocycles. The summed E-state index contributed by atoms with van der Waals surface area (Å²) >= 11 is 0. The molecule has 0 radical (unpaired) electrons. The molecule has 0 unspecified atom stereocenters. The summed E-state index contributed by atoms with van der Waals surface area (Å²) in [6.45, 7) is 1.02. The molecule has 0 saturated heterocycles. The van der Waals surface area contributed by atoms with Gasteiger partial charge in [0.05, 0.1) is 35.7 Å². The van der Waals surface area contributed by atoms with Crippen LogP contribution in [0.4, 0.5) is 24.7 Å². The number of hydrogen-bond acceptors (Lipinski definition) is 5. The number of hydrogen-bond donors (Lipinski definition) is 2. The van der Waals surface area contributed by atoms with E-state index in [4.69, 9.17) is 10.8 Å². The minimum Gasteiger partial charge on any atom is -0.318 e. The molecule has 0 fully saturated rings. The van der Waals surface area contributed by atoms with Gasteiger partial charge in [-0.15, -0.1) is 0 Å². The Morgan fingerprint density at radius 3 is 2.73 bits per heavy atom. The van der Waals surface area contributed by atoms with Crippen molar-refractivity contribution in [3.63, 3.8) is 0 Å². The minimum absolute atomic E-state index is 0.0471. The van der Waals surface area contributed by atoms with Gasteiger partial charge in [0, 0.05) is 6.20 Å². The summed E-state index contributed by atoms with van der Waals surface area (Å²) in [6, 6.07) is 5.74. The molecule has 0 aliphatic carbocycles. The van der Waals surface area contributed by atoms with Crippen molar-refractivity contribution in [2.24, 2.45) is 0 Å². The molecule has 2 N–H and O–H groups in total. The van der Waals surface area contributed by atoms with E-state index in [-0.39, 0.29) is 22.3 Å². The first kappa shape index (κ1) is 17.6. The molecule has 26 heavy (non-hydrogen) atoms. The van der Waals surface area contributed by atoms with Crippen LogP contribution in [-0.4, -0.2) is 33.8 Å². The van der Waals surface area contributed by atoms with Gasteiger partial charge in [0.2, 0.25) is 5.62 Å². The molecule has 3 rings (SSSR count). The zero-order valence-electron chi connectivity index (χ0n) is 13.7. The summed E-state index contributed by atoms with van der Waals surface area (Å²) in [5.41, 5.74) is 0.875. The molecule has 0 amide bonds. The van der Waals surface area contributed by atoms with Gasteiger partial charge in [-0.25, -0.2) is 13.2 Å². The Bertz CT molecular complexity index is 1030. The molecule has 0 spiro atoms. The highest BCUT2D eigenvalue weighted by molar-refractivity contribution is 5.94. The number of halogens is 3. The van der Waals surface area contributed by atoms with Crippen LogP contribution in [0.2, 0.25) is 0 Å². The average molecular weight is 360 g/mol. The van der Waals surface area contributed by atoms with Crippen molar-refractivity contribution in [1.29, 1.82) is 10.8 Å². The Balaban J connectivity index is 2.36. The highest BCUT2D eigenvalue weighted by atomic mass is 19.3. The number of fused-ring (bicyclic) bond motifs is 1. The number of benzene rings is 1. The molecule has 134 valence electrons. The third-order valence-electron chi connectivity index (χ3n) is 3.79. The van der Waals surface area contributed by atoms with Crippen molar-refractivity contribution in [1.82, 2.24) is 14.5 Å². The normalized spacial score (nSPS) is 11.1. The SMILES string of the molecule is Cc1cncc(N(CC(F)F)c2nc(=N)n(C=N)c3cccc(F)c23)c1. The summed E-state index contributed by atoms with van der Waals surface area (Å²) in [4.78, 5) is 9.14. The lowest BCUT2D eigenvalue weighted by atomic mass is 10.2. The predicted molar refractivity (Wildman–Crippen MR) is 91.7 cm³/mol. The zero-order valence-corrected chi connectivity index (χ0v) is 13.7. The summed E-state index contributed by atoms with van der Waals surface area (Å²) in [6.07, 6.45) is 1.06. The van der Waals surface area contributed by atoms with Crippen LogP contribution < -0.4 is 10.5 Å². The van der Waals surface area contributed by atoms with E-state index in [0.717, 1.165) is 21.4 Å². The van der Waals surface area contributed by atoms with Crippen LogP contribution >= 0.6 is 0 Å². The van der Waals surface area contributed by atoms with Crippen LogP contribution in [-0.2, 0) is 0 Å². The van der Waals surface area contributed by atoms with Crippen LogP contribution in [0.5, 0.6) is 0 Å². The number of alkyl halides is 2. The lowest BCUT2D eigenvalue weighted by Gasteiger charge is -2.25. The first-order valence-corrected chi connectivity index (χ1v) is 7.65. The highest BCUT2D eigenvalue weighted by Gasteiger charge is 2.22. The molecular weight excluding hydrogens is 345 g/mol. The smallest absolute Gasteiger partial charge is 0.256 e. The monoisotopic (exact) mass is 360 g/mol. The minimum atomic E-state index is -2.72. The topological polar surface area (TPSA) is 81.7 Å². The highest BCUT2D eigenvalue weighted by Crippen LogP contribution is 2.31. The lowest BCUT2D eigenvalue weighted by molar-refractivity contribution is 0.157. The van der Waals surface area contributed by atoms with E-state index in [2.05, 4.69) is 9.97 Å². The van der Waals surface area contributed by atoms with E-state index in [0.29, 0.717) is 5.69 Å². The van der Waals surface area contributed by atoms with Gasteiger partial charge in [0.1, 0.15) is 11.6 Å². The largest absolute Gasteiger partial charge is 0.318 e. The molecule has 3 aromatic rings. The quantitative estimate of drug-likeness (QED) is 0.541. The number of aromatic nitrogens is 3. The molecule has 6 nitrogen and oxygen atoms in total. The van der Waals surface area contributed by atoms with Crippen LogP contribution in [0.25, 0.3) is 10.9 Å². The van der Waals surface area contributed by atoms with Crippen molar-refractivity contribution >= 4 is 28.7 Å². The van der Waals surface area contributed by atoms with Gasteiger partial charge in [-0.2, -0.15) is 4.98 Å². The molecule has 0 saturated carbocycles. The third kappa shape index (κ3) is 3.15. The molecule has 9 heteroatoms. The van der Waals surface area contributed by atoms with Crippen molar-refractivity contribution < 1.29 is 13.2 Å². The fourth-order valence-corrected chi connectivity index (χ4v) is 2.72. The van der Waals surface area contributed by atoms with Gasteiger partial charge in [0.15, 0.2) is 0 Å². The molecular formula is C17H15F3N6. The average Bonchev–Trinajstić information content (AvgIpc) is 2.59. The first-order valence-electron chi connectivity index (χ1n) is 7.65. The Kier molecular flexibility index (Phi) is 4.70. The molecule has 1 aromatic carbocycles. The maximum absolute atomic E-state index is 14.6. The number of pyridine rings is 1. The van der Waals surface area contributed by atoms with Gasteiger partial charge in [-0.1, -0.05) is 6.07 Å². The molecule has 2 aromatic heterocycles. The van der Waals surface area contributed by atoms with E-state index in [9.17, 15) is 13.2 Å². The fourth-order valence-electron chi connectivity index (χ4n) is 2.72. The van der Waals surface area contributed by atoms with Crippen LogP contribution in [0, 0.1) is 23.6 Å². The number of rotatable bonds is 5. The van der Waals surface area contributed by atoms with Crippen LogP contribution in [0.3, 0.4) is 0 Å². The van der Waals surface area contributed by atoms with Crippen molar-refractivity contribution in [3.05, 3.63) is 53.7 Å².